The fourth-order valence-corrected chi connectivity index (χ4v) is 3.06. The van der Waals surface area contributed by atoms with Crippen molar-refractivity contribution in [1.29, 1.82) is 0 Å². The summed E-state index contributed by atoms with van der Waals surface area (Å²) in [5.74, 6) is 0.510. The van der Waals surface area contributed by atoms with E-state index in [4.69, 9.17) is 0 Å². The van der Waals surface area contributed by atoms with E-state index in [1.165, 1.54) is 0 Å². The van der Waals surface area contributed by atoms with E-state index in [0.29, 0.717) is 5.82 Å². The van der Waals surface area contributed by atoms with E-state index >= 15 is 0 Å². The predicted octanol–water partition coefficient (Wildman–Crippen LogP) is 1.89. The molecule has 1 heterocycles. The highest BCUT2D eigenvalue weighted by Gasteiger charge is 2.46. The standard InChI is InChI=1S/C15H19N5O/c1-11(12-7-3-2-4-8-12)16-14(21)15(9-5-6-10-15)13-17-19-20-18-13/h2-4,7-8,11H,5-6,9-10H2,1H3,(H,16,21)(H,17,18,19,20)/t11-/m0/s1. The number of aromatic amines is 1. The largest absolute Gasteiger partial charge is 0.349 e. The fraction of sp³-hybridized carbons (Fsp3) is 0.467. The summed E-state index contributed by atoms with van der Waals surface area (Å²) in [6, 6.07) is 9.91. The van der Waals surface area contributed by atoms with E-state index < -0.39 is 5.41 Å². The summed E-state index contributed by atoms with van der Waals surface area (Å²) in [4.78, 5) is 12.8. The lowest BCUT2D eigenvalue weighted by atomic mass is 9.84. The lowest BCUT2D eigenvalue weighted by Gasteiger charge is -2.26. The smallest absolute Gasteiger partial charge is 0.234 e. The first kappa shape index (κ1) is 13.7. The molecule has 0 spiro atoms. The molecule has 0 radical (unpaired) electrons. The van der Waals surface area contributed by atoms with Gasteiger partial charge in [0.15, 0.2) is 5.82 Å². The van der Waals surface area contributed by atoms with Crippen LogP contribution in [0.4, 0.5) is 0 Å². The van der Waals surface area contributed by atoms with Crippen molar-refractivity contribution in [3.8, 4) is 0 Å². The van der Waals surface area contributed by atoms with E-state index in [2.05, 4.69) is 25.9 Å². The molecule has 0 unspecified atom stereocenters. The molecule has 110 valence electrons. The number of carbonyl (C=O) groups is 1. The number of nitrogens with one attached hydrogen (secondary N) is 2. The van der Waals surface area contributed by atoms with E-state index in [-0.39, 0.29) is 11.9 Å². The van der Waals surface area contributed by atoms with Gasteiger partial charge in [0.2, 0.25) is 5.91 Å². The molecule has 21 heavy (non-hydrogen) atoms. The zero-order valence-electron chi connectivity index (χ0n) is 12.0. The van der Waals surface area contributed by atoms with Gasteiger partial charge in [-0.05, 0) is 25.3 Å². The van der Waals surface area contributed by atoms with Gasteiger partial charge in [0.1, 0.15) is 5.41 Å². The molecule has 6 heteroatoms. The van der Waals surface area contributed by atoms with Gasteiger partial charge in [0, 0.05) is 0 Å². The zero-order chi connectivity index (χ0) is 14.7. The summed E-state index contributed by atoms with van der Waals surface area (Å²) in [5.41, 5.74) is 0.461. The molecule has 6 nitrogen and oxygen atoms in total. The third-order valence-corrected chi connectivity index (χ3v) is 4.31. The number of tetrazole rings is 1. The van der Waals surface area contributed by atoms with Crippen molar-refractivity contribution in [1.82, 2.24) is 25.9 Å². The molecule has 1 amide bonds. The van der Waals surface area contributed by atoms with Gasteiger partial charge in [0.25, 0.3) is 0 Å². The van der Waals surface area contributed by atoms with E-state index in [0.717, 1.165) is 31.2 Å². The van der Waals surface area contributed by atoms with Crippen LogP contribution in [-0.2, 0) is 10.2 Å². The van der Waals surface area contributed by atoms with Gasteiger partial charge in [-0.1, -0.05) is 48.4 Å². The Bertz CT molecular complexity index is 590. The maximum absolute atomic E-state index is 12.8. The summed E-state index contributed by atoms with van der Waals surface area (Å²) in [6.45, 7) is 1.99. The lowest BCUT2D eigenvalue weighted by Crippen LogP contribution is -2.44. The van der Waals surface area contributed by atoms with Gasteiger partial charge in [0.05, 0.1) is 6.04 Å². The van der Waals surface area contributed by atoms with Crippen LogP contribution in [-0.4, -0.2) is 26.5 Å². The first-order chi connectivity index (χ1) is 10.2. The van der Waals surface area contributed by atoms with Crippen LogP contribution in [0.5, 0.6) is 0 Å². The molecule has 1 fully saturated rings. The topological polar surface area (TPSA) is 83.6 Å². The van der Waals surface area contributed by atoms with Gasteiger partial charge in [-0.25, -0.2) is 0 Å². The molecule has 1 atom stereocenters. The summed E-state index contributed by atoms with van der Waals surface area (Å²) < 4.78 is 0. The van der Waals surface area contributed by atoms with E-state index in [1.54, 1.807) is 0 Å². The minimum atomic E-state index is -0.629. The summed E-state index contributed by atoms with van der Waals surface area (Å²) in [5, 5.41) is 17.3. The number of carbonyl (C=O) groups excluding carboxylic acids is 1. The summed E-state index contributed by atoms with van der Waals surface area (Å²) >= 11 is 0. The van der Waals surface area contributed by atoms with E-state index in [1.807, 2.05) is 37.3 Å². The van der Waals surface area contributed by atoms with E-state index in [9.17, 15) is 4.79 Å². The van der Waals surface area contributed by atoms with Gasteiger partial charge in [-0.3, -0.25) is 4.79 Å². The first-order valence-corrected chi connectivity index (χ1v) is 7.32. The molecule has 2 N–H and O–H groups in total. The minimum Gasteiger partial charge on any atom is -0.349 e. The summed E-state index contributed by atoms with van der Waals surface area (Å²) in [7, 11) is 0. The molecule has 1 aliphatic rings. The monoisotopic (exact) mass is 285 g/mol. The molecular formula is C15H19N5O. The lowest BCUT2D eigenvalue weighted by molar-refractivity contribution is -0.127. The normalized spacial score (nSPS) is 18.3. The fourth-order valence-electron chi connectivity index (χ4n) is 3.06. The average Bonchev–Trinajstić information content (AvgIpc) is 3.19. The van der Waals surface area contributed by atoms with Crippen LogP contribution in [0.2, 0.25) is 0 Å². The van der Waals surface area contributed by atoms with Crippen molar-refractivity contribution in [2.45, 2.75) is 44.1 Å². The van der Waals surface area contributed by atoms with Gasteiger partial charge in [-0.15, -0.1) is 10.2 Å². The Labute approximate surface area is 123 Å². The molecule has 0 bridgehead atoms. The van der Waals surface area contributed by atoms with Crippen LogP contribution in [0.25, 0.3) is 0 Å². The van der Waals surface area contributed by atoms with Crippen LogP contribution in [0.3, 0.4) is 0 Å². The maximum atomic E-state index is 12.8. The molecule has 3 rings (SSSR count). The summed E-state index contributed by atoms with van der Waals surface area (Å²) in [6.07, 6.45) is 3.59. The Hall–Kier alpha value is -2.24. The highest BCUT2D eigenvalue weighted by atomic mass is 16.2. The van der Waals surface area contributed by atoms with Gasteiger partial charge < -0.3 is 5.32 Å². The number of nitrogens with zero attached hydrogens (tertiary/aromatic N) is 3. The molecule has 0 saturated heterocycles. The number of hydrogen-bond acceptors (Lipinski definition) is 4. The third kappa shape index (κ3) is 2.53. The Morgan fingerprint density at radius 2 is 2.00 bits per heavy atom. The van der Waals surface area contributed by atoms with Crippen LogP contribution >= 0.6 is 0 Å². The predicted molar refractivity (Wildman–Crippen MR) is 77.3 cm³/mol. The highest BCUT2D eigenvalue weighted by molar-refractivity contribution is 5.87. The first-order valence-electron chi connectivity index (χ1n) is 7.32. The molecule has 1 saturated carbocycles. The molecule has 1 aromatic heterocycles. The number of H-pyrrole nitrogens is 1. The molecule has 1 aromatic carbocycles. The van der Waals surface area contributed by atoms with Crippen molar-refractivity contribution in [2.75, 3.05) is 0 Å². The molecule has 0 aliphatic heterocycles. The number of amides is 1. The van der Waals surface area contributed by atoms with Crippen LogP contribution in [0, 0.1) is 0 Å². The average molecular weight is 285 g/mol. The number of benzene rings is 1. The number of rotatable bonds is 4. The van der Waals surface area contributed by atoms with Crippen molar-refractivity contribution in [2.24, 2.45) is 0 Å². The highest BCUT2D eigenvalue weighted by Crippen LogP contribution is 2.39. The molecule has 1 aliphatic carbocycles. The maximum Gasteiger partial charge on any atom is 0.234 e. The van der Waals surface area contributed by atoms with Crippen LogP contribution in [0.1, 0.15) is 50.0 Å². The van der Waals surface area contributed by atoms with Crippen molar-refractivity contribution >= 4 is 5.91 Å². The third-order valence-electron chi connectivity index (χ3n) is 4.31. The molecule has 2 aromatic rings. The number of hydrogen-bond donors (Lipinski definition) is 2. The second kappa shape index (κ2) is 5.63. The SMILES string of the molecule is C[C@H](NC(=O)C1(c2nn[nH]n2)CCCC1)c1ccccc1. The molecular weight excluding hydrogens is 266 g/mol. The van der Waals surface area contributed by atoms with Gasteiger partial charge >= 0.3 is 0 Å². The second-order valence-electron chi connectivity index (χ2n) is 5.63. The Morgan fingerprint density at radius 3 is 2.62 bits per heavy atom. The second-order valence-corrected chi connectivity index (χ2v) is 5.63. The minimum absolute atomic E-state index is 0.00208. The van der Waals surface area contributed by atoms with Crippen molar-refractivity contribution in [3.05, 3.63) is 41.7 Å². The van der Waals surface area contributed by atoms with Crippen molar-refractivity contribution in [3.63, 3.8) is 0 Å². The zero-order valence-corrected chi connectivity index (χ0v) is 12.0. The Morgan fingerprint density at radius 1 is 1.29 bits per heavy atom. The van der Waals surface area contributed by atoms with Crippen LogP contribution in [0.15, 0.2) is 30.3 Å². The quantitative estimate of drug-likeness (QED) is 0.898. The van der Waals surface area contributed by atoms with Crippen LogP contribution < -0.4 is 5.32 Å². The Balaban J connectivity index is 1.80. The van der Waals surface area contributed by atoms with Crippen molar-refractivity contribution < 1.29 is 4.79 Å². The Kier molecular flexibility index (Phi) is 3.68. The van der Waals surface area contributed by atoms with Gasteiger partial charge in [-0.2, -0.15) is 5.21 Å². The number of aromatic nitrogens is 4.